The quantitative estimate of drug-likeness (QED) is 0.879. The van der Waals surface area contributed by atoms with Crippen molar-refractivity contribution >= 4 is 0 Å². The number of hydrogen-bond donors (Lipinski definition) is 1. The third kappa shape index (κ3) is 3.56. The summed E-state index contributed by atoms with van der Waals surface area (Å²) in [4.78, 5) is 0. The number of hydrogen-bond acceptors (Lipinski definition) is 2. The molecule has 0 radical (unpaired) electrons. The summed E-state index contributed by atoms with van der Waals surface area (Å²) in [6, 6.07) is 7.36. The highest BCUT2D eigenvalue weighted by Crippen LogP contribution is 2.29. The minimum atomic E-state index is 0.270. The van der Waals surface area contributed by atoms with Gasteiger partial charge in [-0.25, -0.2) is 0 Å². The summed E-state index contributed by atoms with van der Waals surface area (Å²) in [5, 5.41) is 3.62. The van der Waals surface area contributed by atoms with E-state index in [2.05, 4.69) is 44.3 Å². The van der Waals surface area contributed by atoms with Crippen LogP contribution in [0.3, 0.4) is 0 Å². The van der Waals surface area contributed by atoms with Gasteiger partial charge in [-0.1, -0.05) is 36.2 Å². The van der Waals surface area contributed by atoms with Crippen LogP contribution in [0.5, 0.6) is 0 Å². The molecule has 0 spiro atoms. The molecule has 0 bridgehead atoms. The second kappa shape index (κ2) is 6.35. The van der Waals surface area contributed by atoms with Crippen LogP contribution in [0.2, 0.25) is 0 Å². The molecule has 0 amide bonds. The molecule has 2 nitrogen and oxygen atoms in total. The molecular formula is C16H25NO. The van der Waals surface area contributed by atoms with Crippen LogP contribution >= 0.6 is 0 Å². The van der Waals surface area contributed by atoms with Crippen molar-refractivity contribution in [1.82, 2.24) is 5.32 Å². The maximum atomic E-state index is 5.94. The molecule has 1 aromatic rings. The smallest absolute Gasteiger partial charge is 0.0840 e. The number of aryl methyl sites for hydroxylation is 2. The lowest BCUT2D eigenvalue weighted by molar-refractivity contribution is 0.000298. The summed E-state index contributed by atoms with van der Waals surface area (Å²) < 4.78 is 5.94. The van der Waals surface area contributed by atoms with Gasteiger partial charge in [-0.3, -0.25) is 0 Å². The van der Waals surface area contributed by atoms with E-state index in [1.165, 1.54) is 23.1 Å². The Morgan fingerprint density at radius 1 is 1.22 bits per heavy atom. The van der Waals surface area contributed by atoms with Crippen molar-refractivity contribution in [3.63, 3.8) is 0 Å². The molecule has 2 atom stereocenters. The molecule has 1 aliphatic heterocycles. The van der Waals surface area contributed by atoms with Gasteiger partial charge >= 0.3 is 0 Å². The second-order valence-electron chi connectivity index (χ2n) is 5.46. The predicted octanol–water partition coefficient (Wildman–Crippen LogP) is 3.52. The summed E-state index contributed by atoms with van der Waals surface area (Å²) in [5.41, 5.74) is 4.00. The van der Waals surface area contributed by atoms with Crippen LogP contribution in [0.15, 0.2) is 18.2 Å². The van der Waals surface area contributed by atoms with E-state index >= 15 is 0 Å². The highest BCUT2D eigenvalue weighted by Gasteiger charge is 2.23. The van der Waals surface area contributed by atoms with Gasteiger partial charge in [-0.15, -0.1) is 0 Å². The van der Waals surface area contributed by atoms with Crippen molar-refractivity contribution in [2.75, 3.05) is 13.2 Å². The van der Waals surface area contributed by atoms with Gasteiger partial charge in [0.2, 0.25) is 0 Å². The average Bonchev–Trinajstić information content (AvgIpc) is 2.35. The van der Waals surface area contributed by atoms with Crippen LogP contribution in [-0.4, -0.2) is 19.2 Å². The van der Waals surface area contributed by atoms with Crippen LogP contribution in [0, 0.1) is 13.8 Å². The van der Waals surface area contributed by atoms with Gasteiger partial charge in [0.1, 0.15) is 0 Å². The zero-order chi connectivity index (χ0) is 13.0. The summed E-state index contributed by atoms with van der Waals surface area (Å²) in [5.74, 6) is 0. The molecule has 100 valence electrons. The first kappa shape index (κ1) is 13.6. The molecule has 0 aromatic heterocycles. The SMILES string of the molecule is CCCNC1CCOC(c2cc(C)cc(C)c2)C1. The Kier molecular flexibility index (Phi) is 4.79. The highest BCUT2D eigenvalue weighted by molar-refractivity contribution is 5.30. The number of benzene rings is 1. The summed E-state index contributed by atoms with van der Waals surface area (Å²) >= 11 is 0. The monoisotopic (exact) mass is 247 g/mol. The topological polar surface area (TPSA) is 21.3 Å². The Hall–Kier alpha value is -0.860. The van der Waals surface area contributed by atoms with E-state index in [1.807, 2.05) is 0 Å². The molecule has 1 saturated heterocycles. The van der Waals surface area contributed by atoms with Crippen LogP contribution in [-0.2, 0) is 4.74 Å². The molecule has 2 heteroatoms. The molecule has 1 N–H and O–H groups in total. The number of nitrogens with one attached hydrogen (secondary N) is 1. The van der Waals surface area contributed by atoms with Crippen molar-refractivity contribution in [3.05, 3.63) is 34.9 Å². The lowest BCUT2D eigenvalue weighted by Crippen LogP contribution is -2.36. The summed E-state index contributed by atoms with van der Waals surface area (Å²) in [6.45, 7) is 8.52. The van der Waals surface area contributed by atoms with Gasteiger partial charge in [0, 0.05) is 12.6 Å². The molecule has 1 aromatic carbocycles. The zero-order valence-corrected chi connectivity index (χ0v) is 11.8. The highest BCUT2D eigenvalue weighted by atomic mass is 16.5. The van der Waals surface area contributed by atoms with Crippen LogP contribution in [0.25, 0.3) is 0 Å². The molecule has 0 saturated carbocycles. The van der Waals surface area contributed by atoms with Crippen LogP contribution in [0.1, 0.15) is 49.0 Å². The fraction of sp³-hybridized carbons (Fsp3) is 0.625. The van der Waals surface area contributed by atoms with Crippen molar-refractivity contribution in [2.45, 2.75) is 52.2 Å². The molecule has 1 aliphatic rings. The Balaban J connectivity index is 2.03. The summed E-state index contributed by atoms with van der Waals surface area (Å²) in [6.07, 6.45) is 3.71. The number of rotatable bonds is 4. The van der Waals surface area contributed by atoms with Crippen molar-refractivity contribution in [1.29, 1.82) is 0 Å². The second-order valence-corrected chi connectivity index (χ2v) is 5.46. The largest absolute Gasteiger partial charge is 0.373 e. The Morgan fingerprint density at radius 3 is 2.61 bits per heavy atom. The van der Waals surface area contributed by atoms with Gasteiger partial charge in [0.25, 0.3) is 0 Å². The van der Waals surface area contributed by atoms with Gasteiger partial charge in [-0.2, -0.15) is 0 Å². The standard InChI is InChI=1S/C16H25NO/c1-4-6-17-15-5-7-18-16(11-15)14-9-12(2)8-13(3)10-14/h8-10,15-17H,4-7,11H2,1-3H3. The molecule has 1 fully saturated rings. The lowest BCUT2D eigenvalue weighted by Gasteiger charge is -2.31. The molecule has 0 aliphatic carbocycles. The molecular weight excluding hydrogens is 222 g/mol. The van der Waals surface area contributed by atoms with E-state index < -0.39 is 0 Å². The Labute approximate surface area is 111 Å². The van der Waals surface area contributed by atoms with E-state index in [1.54, 1.807) is 0 Å². The lowest BCUT2D eigenvalue weighted by atomic mass is 9.95. The average molecular weight is 247 g/mol. The molecule has 1 heterocycles. The van der Waals surface area contributed by atoms with E-state index in [-0.39, 0.29) is 6.10 Å². The van der Waals surface area contributed by atoms with Crippen molar-refractivity contribution in [2.24, 2.45) is 0 Å². The first-order valence-electron chi connectivity index (χ1n) is 7.12. The third-order valence-corrected chi connectivity index (χ3v) is 3.58. The molecule has 2 unspecified atom stereocenters. The molecule has 2 rings (SSSR count). The molecule has 18 heavy (non-hydrogen) atoms. The van der Waals surface area contributed by atoms with Crippen LogP contribution in [0.4, 0.5) is 0 Å². The van der Waals surface area contributed by atoms with E-state index in [0.717, 1.165) is 26.0 Å². The zero-order valence-electron chi connectivity index (χ0n) is 11.8. The van der Waals surface area contributed by atoms with E-state index in [4.69, 9.17) is 4.74 Å². The van der Waals surface area contributed by atoms with Crippen molar-refractivity contribution < 1.29 is 4.74 Å². The predicted molar refractivity (Wildman–Crippen MR) is 75.9 cm³/mol. The van der Waals surface area contributed by atoms with E-state index in [0.29, 0.717) is 6.04 Å². The van der Waals surface area contributed by atoms with Gasteiger partial charge in [0.15, 0.2) is 0 Å². The fourth-order valence-electron chi connectivity index (χ4n) is 2.76. The first-order valence-corrected chi connectivity index (χ1v) is 7.12. The number of ether oxygens (including phenoxy) is 1. The maximum Gasteiger partial charge on any atom is 0.0840 e. The van der Waals surface area contributed by atoms with Gasteiger partial charge < -0.3 is 10.1 Å². The maximum absolute atomic E-state index is 5.94. The minimum absolute atomic E-state index is 0.270. The fourth-order valence-corrected chi connectivity index (χ4v) is 2.76. The van der Waals surface area contributed by atoms with Gasteiger partial charge in [-0.05, 0) is 45.2 Å². The first-order chi connectivity index (χ1) is 8.69. The van der Waals surface area contributed by atoms with Crippen molar-refractivity contribution in [3.8, 4) is 0 Å². The van der Waals surface area contributed by atoms with E-state index in [9.17, 15) is 0 Å². The Morgan fingerprint density at radius 2 is 1.94 bits per heavy atom. The van der Waals surface area contributed by atoms with Crippen LogP contribution < -0.4 is 5.32 Å². The normalized spacial score (nSPS) is 24.2. The van der Waals surface area contributed by atoms with Gasteiger partial charge in [0.05, 0.1) is 6.10 Å². The third-order valence-electron chi connectivity index (χ3n) is 3.58. The minimum Gasteiger partial charge on any atom is -0.373 e. The Bertz CT molecular complexity index is 368. The summed E-state index contributed by atoms with van der Waals surface area (Å²) in [7, 11) is 0.